The molecule has 0 saturated heterocycles. The lowest BCUT2D eigenvalue weighted by molar-refractivity contribution is -0.106. The standard InChI is InChI=1S/C10H13NO3S/c1-2-9-3-5-10(6-4-9)15(13,14)11-7-8-12/h3-6,8,11H,2,7H2,1H3. The van der Waals surface area contributed by atoms with E-state index in [0.717, 1.165) is 12.0 Å². The molecule has 0 saturated carbocycles. The van der Waals surface area contributed by atoms with Crippen LogP contribution in [0.3, 0.4) is 0 Å². The van der Waals surface area contributed by atoms with E-state index in [9.17, 15) is 13.2 Å². The van der Waals surface area contributed by atoms with Gasteiger partial charge in [-0.15, -0.1) is 0 Å². The van der Waals surface area contributed by atoms with E-state index < -0.39 is 10.0 Å². The number of aryl methyl sites for hydroxylation is 1. The Balaban J connectivity index is 2.90. The molecular weight excluding hydrogens is 214 g/mol. The summed E-state index contributed by atoms with van der Waals surface area (Å²) in [6, 6.07) is 6.59. The van der Waals surface area contributed by atoms with Crippen LogP contribution in [0, 0.1) is 0 Å². The first-order valence-electron chi connectivity index (χ1n) is 4.62. The van der Waals surface area contributed by atoms with Gasteiger partial charge >= 0.3 is 0 Å². The molecule has 0 atom stereocenters. The number of sulfonamides is 1. The van der Waals surface area contributed by atoms with Gasteiger partial charge in [-0.2, -0.15) is 0 Å². The Morgan fingerprint density at radius 2 is 1.87 bits per heavy atom. The molecule has 0 heterocycles. The molecule has 0 bridgehead atoms. The minimum absolute atomic E-state index is 0.182. The lowest BCUT2D eigenvalue weighted by Gasteiger charge is -2.04. The summed E-state index contributed by atoms with van der Waals surface area (Å²) in [6.07, 6.45) is 1.38. The van der Waals surface area contributed by atoms with E-state index in [2.05, 4.69) is 4.72 Å². The smallest absolute Gasteiger partial charge is 0.240 e. The molecule has 0 aliphatic rings. The number of hydrogen-bond donors (Lipinski definition) is 1. The van der Waals surface area contributed by atoms with Crippen molar-refractivity contribution in [2.24, 2.45) is 0 Å². The number of rotatable bonds is 5. The predicted molar refractivity (Wildman–Crippen MR) is 57.1 cm³/mol. The Bertz CT molecular complexity index is 422. The van der Waals surface area contributed by atoms with Crippen LogP contribution in [0.15, 0.2) is 29.2 Å². The predicted octanol–water partition coefficient (Wildman–Crippen LogP) is 0.726. The summed E-state index contributed by atoms with van der Waals surface area (Å²) in [5, 5.41) is 0. The monoisotopic (exact) mass is 227 g/mol. The van der Waals surface area contributed by atoms with Gasteiger partial charge in [-0.25, -0.2) is 13.1 Å². The van der Waals surface area contributed by atoms with Crippen molar-refractivity contribution in [1.82, 2.24) is 4.72 Å². The third-order valence-corrected chi connectivity index (χ3v) is 3.44. The van der Waals surface area contributed by atoms with Gasteiger partial charge in [0.1, 0.15) is 6.29 Å². The van der Waals surface area contributed by atoms with Crippen LogP contribution < -0.4 is 4.72 Å². The third kappa shape index (κ3) is 3.14. The highest BCUT2D eigenvalue weighted by molar-refractivity contribution is 7.89. The van der Waals surface area contributed by atoms with Crippen LogP contribution in [0.2, 0.25) is 0 Å². The molecule has 1 rings (SSSR count). The number of nitrogens with one attached hydrogen (secondary N) is 1. The minimum Gasteiger partial charge on any atom is -0.302 e. The molecule has 0 radical (unpaired) electrons. The summed E-state index contributed by atoms with van der Waals surface area (Å²) >= 11 is 0. The zero-order valence-corrected chi connectivity index (χ0v) is 9.25. The van der Waals surface area contributed by atoms with Crippen LogP contribution in [-0.2, 0) is 21.2 Å². The lowest BCUT2D eigenvalue weighted by Crippen LogP contribution is -2.25. The van der Waals surface area contributed by atoms with Gasteiger partial charge in [-0.3, -0.25) is 0 Å². The maximum Gasteiger partial charge on any atom is 0.240 e. The van der Waals surface area contributed by atoms with Gasteiger partial charge in [0.15, 0.2) is 0 Å². The Hall–Kier alpha value is -1.20. The van der Waals surface area contributed by atoms with E-state index >= 15 is 0 Å². The van der Waals surface area contributed by atoms with E-state index in [1.165, 1.54) is 12.1 Å². The Labute approximate surface area is 89.4 Å². The first-order valence-corrected chi connectivity index (χ1v) is 6.10. The van der Waals surface area contributed by atoms with Crippen LogP contribution in [-0.4, -0.2) is 21.2 Å². The normalized spacial score (nSPS) is 11.3. The van der Waals surface area contributed by atoms with E-state index in [1.54, 1.807) is 12.1 Å². The van der Waals surface area contributed by atoms with Gasteiger partial charge < -0.3 is 4.79 Å². The molecule has 0 amide bonds. The Morgan fingerprint density at radius 3 is 2.33 bits per heavy atom. The number of benzene rings is 1. The summed E-state index contributed by atoms with van der Waals surface area (Å²) in [5.74, 6) is 0. The zero-order valence-electron chi connectivity index (χ0n) is 8.43. The second-order valence-corrected chi connectivity index (χ2v) is 4.78. The average molecular weight is 227 g/mol. The second kappa shape index (κ2) is 5.04. The van der Waals surface area contributed by atoms with Gasteiger partial charge in [-0.1, -0.05) is 19.1 Å². The molecule has 0 spiro atoms. The first kappa shape index (κ1) is 11.9. The van der Waals surface area contributed by atoms with Gasteiger partial charge in [0, 0.05) is 0 Å². The summed E-state index contributed by atoms with van der Waals surface area (Å²) < 4.78 is 25.2. The van der Waals surface area contributed by atoms with Gasteiger partial charge in [-0.05, 0) is 24.1 Å². The number of carbonyl (C=O) groups is 1. The number of carbonyl (C=O) groups excluding carboxylic acids is 1. The van der Waals surface area contributed by atoms with Crippen molar-refractivity contribution in [3.8, 4) is 0 Å². The quantitative estimate of drug-likeness (QED) is 0.754. The van der Waals surface area contributed by atoms with E-state index in [0.29, 0.717) is 6.29 Å². The Morgan fingerprint density at radius 1 is 1.27 bits per heavy atom. The number of aldehydes is 1. The molecule has 0 aliphatic carbocycles. The molecule has 4 nitrogen and oxygen atoms in total. The van der Waals surface area contributed by atoms with Crippen LogP contribution in [0.5, 0.6) is 0 Å². The van der Waals surface area contributed by atoms with E-state index in [-0.39, 0.29) is 11.4 Å². The molecule has 1 aromatic rings. The highest BCUT2D eigenvalue weighted by Gasteiger charge is 2.12. The minimum atomic E-state index is -3.53. The fraction of sp³-hybridized carbons (Fsp3) is 0.300. The molecule has 0 aromatic heterocycles. The Kier molecular flexibility index (Phi) is 3.99. The maximum absolute atomic E-state index is 11.5. The summed E-state index contributed by atoms with van der Waals surface area (Å²) in [5.41, 5.74) is 1.07. The molecule has 1 N–H and O–H groups in total. The van der Waals surface area contributed by atoms with E-state index in [4.69, 9.17) is 0 Å². The molecule has 0 fully saturated rings. The van der Waals surface area contributed by atoms with Crippen molar-refractivity contribution >= 4 is 16.3 Å². The summed E-state index contributed by atoms with van der Waals surface area (Å²) in [4.78, 5) is 10.2. The highest BCUT2D eigenvalue weighted by atomic mass is 32.2. The molecule has 0 aliphatic heterocycles. The van der Waals surface area contributed by atoms with Crippen molar-refractivity contribution in [2.75, 3.05) is 6.54 Å². The van der Waals surface area contributed by atoms with Gasteiger partial charge in [0.2, 0.25) is 10.0 Å². The lowest BCUT2D eigenvalue weighted by atomic mass is 10.2. The molecule has 1 aromatic carbocycles. The van der Waals surface area contributed by atoms with Crippen molar-refractivity contribution in [1.29, 1.82) is 0 Å². The zero-order chi connectivity index (χ0) is 11.3. The molecule has 5 heteroatoms. The SMILES string of the molecule is CCc1ccc(S(=O)(=O)NCC=O)cc1. The van der Waals surface area contributed by atoms with Gasteiger partial charge in [0.25, 0.3) is 0 Å². The van der Waals surface area contributed by atoms with Crippen molar-refractivity contribution in [3.63, 3.8) is 0 Å². The van der Waals surface area contributed by atoms with Crippen LogP contribution >= 0.6 is 0 Å². The molecular formula is C10H13NO3S. The van der Waals surface area contributed by atoms with Crippen molar-refractivity contribution in [3.05, 3.63) is 29.8 Å². The fourth-order valence-electron chi connectivity index (χ4n) is 1.13. The highest BCUT2D eigenvalue weighted by Crippen LogP contribution is 2.10. The van der Waals surface area contributed by atoms with Crippen LogP contribution in [0.1, 0.15) is 12.5 Å². The fourth-order valence-corrected chi connectivity index (χ4v) is 2.08. The molecule has 0 unspecified atom stereocenters. The van der Waals surface area contributed by atoms with Crippen LogP contribution in [0.4, 0.5) is 0 Å². The average Bonchev–Trinajstić information content (AvgIpc) is 2.26. The van der Waals surface area contributed by atoms with Crippen molar-refractivity contribution < 1.29 is 13.2 Å². The number of hydrogen-bond acceptors (Lipinski definition) is 3. The van der Waals surface area contributed by atoms with Crippen molar-refractivity contribution in [2.45, 2.75) is 18.2 Å². The van der Waals surface area contributed by atoms with Crippen LogP contribution in [0.25, 0.3) is 0 Å². The van der Waals surface area contributed by atoms with E-state index in [1.807, 2.05) is 6.92 Å². The second-order valence-electron chi connectivity index (χ2n) is 3.02. The largest absolute Gasteiger partial charge is 0.302 e. The molecule has 82 valence electrons. The first-order chi connectivity index (χ1) is 7.10. The molecule has 15 heavy (non-hydrogen) atoms. The topological polar surface area (TPSA) is 63.2 Å². The summed E-state index contributed by atoms with van der Waals surface area (Å²) in [6.45, 7) is 1.80. The maximum atomic E-state index is 11.5. The summed E-state index contributed by atoms with van der Waals surface area (Å²) in [7, 11) is -3.53. The van der Waals surface area contributed by atoms with Gasteiger partial charge in [0.05, 0.1) is 11.4 Å². The third-order valence-electron chi connectivity index (χ3n) is 2.00.